The Kier molecular flexibility index (Phi) is 2.92. The summed E-state index contributed by atoms with van der Waals surface area (Å²) in [6.45, 7) is 8.64. The lowest BCUT2D eigenvalue weighted by Gasteiger charge is -2.28. The number of ether oxygens (including phenoxy) is 1. The molecule has 1 aliphatic rings. The van der Waals surface area contributed by atoms with Crippen molar-refractivity contribution in [2.75, 3.05) is 6.54 Å². The van der Waals surface area contributed by atoms with Crippen molar-refractivity contribution < 1.29 is 9.53 Å². The summed E-state index contributed by atoms with van der Waals surface area (Å²) in [5.74, 6) is 0.801. The minimum absolute atomic E-state index is 0.0571. The summed E-state index contributed by atoms with van der Waals surface area (Å²) in [6.07, 6.45) is 1.35. The molecule has 0 fully saturated rings. The lowest BCUT2D eigenvalue weighted by atomic mass is 10.1. The maximum absolute atomic E-state index is 11.8. The van der Waals surface area contributed by atoms with Crippen molar-refractivity contribution in [3.63, 3.8) is 0 Å². The molecule has 0 atom stereocenters. The Hall–Kier alpha value is -1.77. The number of benzene rings is 1. The number of fused-ring (bicyclic) bond motifs is 1. The van der Waals surface area contributed by atoms with Crippen LogP contribution in [0.25, 0.3) is 0 Å². The van der Waals surface area contributed by atoms with Crippen molar-refractivity contribution in [2.45, 2.75) is 26.0 Å². The van der Waals surface area contributed by atoms with Crippen LogP contribution in [0.5, 0.6) is 5.75 Å². The van der Waals surface area contributed by atoms with Gasteiger partial charge in [-0.15, -0.1) is 0 Å². The maximum atomic E-state index is 11.8. The zero-order chi connectivity index (χ0) is 12.5. The number of carbonyl (C=O) groups is 1. The lowest BCUT2D eigenvalue weighted by molar-refractivity contribution is -0.128. The van der Waals surface area contributed by atoms with E-state index < -0.39 is 0 Å². The van der Waals surface area contributed by atoms with Crippen molar-refractivity contribution in [1.29, 1.82) is 0 Å². The van der Waals surface area contributed by atoms with Gasteiger partial charge in [0.2, 0.25) is 5.91 Å². The molecule has 0 spiro atoms. The lowest BCUT2D eigenvalue weighted by Crippen LogP contribution is -2.42. The molecule has 2 rings (SSSR count). The molecule has 1 aromatic carbocycles. The summed E-state index contributed by atoms with van der Waals surface area (Å²) in [5, 5.41) is 0. The number of hydrogen-bond acceptors (Lipinski definition) is 2. The van der Waals surface area contributed by atoms with Crippen molar-refractivity contribution in [3.05, 3.63) is 42.5 Å². The fourth-order valence-electron chi connectivity index (χ4n) is 2.07. The molecule has 0 radical (unpaired) electrons. The molecule has 1 heterocycles. The summed E-state index contributed by atoms with van der Waals surface area (Å²) in [6, 6.07) is 7.83. The zero-order valence-corrected chi connectivity index (χ0v) is 10.3. The minimum Gasteiger partial charge on any atom is -0.486 e. The van der Waals surface area contributed by atoms with E-state index in [1.165, 1.54) is 6.08 Å². The zero-order valence-electron chi connectivity index (χ0n) is 10.3. The number of carbonyl (C=O) groups excluding carboxylic acids is 1. The fraction of sp³-hybridized carbons (Fsp3) is 0.357. The van der Waals surface area contributed by atoms with Crippen molar-refractivity contribution >= 4 is 5.91 Å². The first-order valence-corrected chi connectivity index (χ1v) is 5.70. The second kappa shape index (κ2) is 4.24. The Balaban J connectivity index is 2.38. The van der Waals surface area contributed by atoms with E-state index in [2.05, 4.69) is 6.58 Å². The van der Waals surface area contributed by atoms with Crippen LogP contribution >= 0.6 is 0 Å². The van der Waals surface area contributed by atoms with Gasteiger partial charge >= 0.3 is 0 Å². The topological polar surface area (TPSA) is 29.5 Å². The standard InChI is InChI=1S/C14H17NO2/c1-4-13(16)15-9-11-7-5-6-8-12(11)17-14(2,3)10-15/h4-8H,1,9-10H2,2-3H3. The van der Waals surface area contributed by atoms with E-state index in [9.17, 15) is 4.79 Å². The third-order valence-corrected chi connectivity index (χ3v) is 2.78. The number of para-hydroxylation sites is 1. The number of nitrogens with zero attached hydrogens (tertiary/aromatic N) is 1. The predicted molar refractivity (Wildman–Crippen MR) is 66.8 cm³/mol. The Morgan fingerprint density at radius 3 is 2.88 bits per heavy atom. The molecule has 1 aromatic rings. The van der Waals surface area contributed by atoms with Gasteiger partial charge in [0.1, 0.15) is 11.4 Å². The molecule has 3 nitrogen and oxygen atoms in total. The smallest absolute Gasteiger partial charge is 0.246 e. The van der Waals surface area contributed by atoms with Crippen LogP contribution in [-0.2, 0) is 11.3 Å². The highest BCUT2D eigenvalue weighted by atomic mass is 16.5. The summed E-state index contributed by atoms with van der Waals surface area (Å²) in [7, 11) is 0. The highest BCUT2D eigenvalue weighted by molar-refractivity contribution is 5.87. The predicted octanol–water partition coefficient (Wildman–Crippen LogP) is 2.37. The van der Waals surface area contributed by atoms with Gasteiger partial charge in [-0.1, -0.05) is 24.8 Å². The van der Waals surface area contributed by atoms with Crippen molar-refractivity contribution in [1.82, 2.24) is 4.90 Å². The van der Waals surface area contributed by atoms with Gasteiger partial charge in [0.05, 0.1) is 6.54 Å². The monoisotopic (exact) mass is 231 g/mol. The van der Waals surface area contributed by atoms with Crippen LogP contribution in [-0.4, -0.2) is 23.0 Å². The van der Waals surface area contributed by atoms with E-state index in [1.54, 1.807) is 4.90 Å². The molecule has 0 unspecified atom stereocenters. The summed E-state index contributed by atoms with van der Waals surface area (Å²) in [5.41, 5.74) is 0.652. The molecule has 0 aromatic heterocycles. The van der Waals surface area contributed by atoms with Gasteiger partial charge < -0.3 is 9.64 Å². The van der Waals surface area contributed by atoms with Gasteiger partial charge in [-0.05, 0) is 26.0 Å². The summed E-state index contributed by atoms with van der Waals surface area (Å²) < 4.78 is 5.94. The Labute approximate surface area is 102 Å². The molecular weight excluding hydrogens is 214 g/mol. The van der Waals surface area contributed by atoms with Crippen LogP contribution < -0.4 is 4.74 Å². The molecular formula is C14H17NO2. The molecule has 90 valence electrons. The van der Waals surface area contributed by atoms with Gasteiger partial charge in [-0.3, -0.25) is 4.79 Å². The van der Waals surface area contributed by atoms with Crippen LogP contribution in [0.4, 0.5) is 0 Å². The average Bonchev–Trinajstić information content (AvgIpc) is 2.42. The van der Waals surface area contributed by atoms with E-state index in [1.807, 2.05) is 38.1 Å². The Bertz CT molecular complexity index is 451. The molecule has 0 saturated heterocycles. The molecule has 0 N–H and O–H groups in total. The number of hydrogen-bond donors (Lipinski definition) is 0. The third kappa shape index (κ3) is 2.49. The first kappa shape index (κ1) is 11.7. The highest BCUT2D eigenvalue weighted by Gasteiger charge is 2.30. The number of rotatable bonds is 1. The third-order valence-electron chi connectivity index (χ3n) is 2.78. The van der Waals surface area contributed by atoms with E-state index in [-0.39, 0.29) is 11.5 Å². The van der Waals surface area contributed by atoms with Crippen LogP contribution in [0.1, 0.15) is 19.4 Å². The number of amides is 1. The normalized spacial score (nSPS) is 17.6. The SMILES string of the molecule is C=CC(=O)N1Cc2ccccc2OC(C)(C)C1. The second-order valence-corrected chi connectivity index (χ2v) is 4.87. The van der Waals surface area contributed by atoms with E-state index >= 15 is 0 Å². The van der Waals surface area contributed by atoms with Crippen LogP contribution in [0, 0.1) is 0 Å². The second-order valence-electron chi connectivity index (χ2n) is 4.87. The molecule has 0 bridgehead atoms. The molecule has 1 amide bonds. The maximum Gasteiger partial charge on any atom is 0.246 e. The molecule has 1 aliphatic heterocycles. The average molecular weight is 231 g/mol. The van der Waals surface area contributed by atoms with Gasteiger partial charge in [0.25, 0.3) is 0 Å². The van der Waals surface area contributed by atoms with Crippen LogP contribution in [0.3, 0.4) is 0 Å². The quantitative estimate of drug-likeness (QED) is 0.694. The molecule has 0 aliphatic carbocycles. The van der Waals surface area contributed by atoms with Crippen molar-refractivity contribution in [3.8, 4) is 5.75 Å². The first-order chi connectivity index (χ1) is 8.02. The van der Waals surface area contributed by atoms with Gasteiger partial charge in [0.15, 0.2) is 0 Å². The van der Waals surface area contributed by atoms with E-state index in [0.717, 1.165) is 11.3 Å². The Morgan fingerprint density at radius 2 is 2.18 bits per heavy atom. The van der Waals surface area contributed by atoms with E-state index in [0.29, 0.717) is 13.1 Å². The van der Waals surface area contributed by atoms with Crippen LogP contribution in [0.2, 0.25) is 0 Å². The highest BCUT2D eigenvalue weighted by Crippen LogP contribution is 2.29. The van der Waals surface area contributed by atoms with Gasteiger partial charge in [-0.25, -0.2) is 0 Å². The summed E-state index contributed by atoms with van der Waals surface area (Å²) in [4.78, 5) is 13.5. The molecule has 0 saturated carbocycles. The first-order valence-electron chi connectivity index (χ1n) is 5.70. The largest absolute Gasteiger partial charge is 0.486 e. The van der Waals surface area contributed by atoms with Gasteiger partial charge in [0, 0.05) is 12.1 Å². The molecule has 17 heavy (non-hydrogen) atoms. The Morgan fingerprint density at radius 1 is 1.47 bits per heavy atom. The molecule has 3 heteroatoms. The van der Waals surface area contributed by atoms with Crippen LogP contribution in [0.15, 0.2) is 36.9 Å². The summed E-state index contributed by atoms with van der Waals surface area (Å²) >= 11 is 0. The fourth-order valence-corrected chi connectivity index (χ4v) is 2.07. The minimum atomic E-state index is -0.384. The van der Waals surface area contributed by atoms with E-state index in [4.69, 9.17) is 4.74 Å². The van der Waals surface area contributed by atoms with Crippen molar-refractivity contribution in [2.24, 2.45) is 0 Å². The van der Waals surface area contributed by atoms with Gasteiger partial charge in [-0.2, -0.15) is 0 Å².